The molecule has 0 aliphatic carbocycles. The van der Waals surface area contributed by atoms with Crippen LogP contribution in [0.1, 0.15) is 25.8 Å². The van der Waals surface area contributed by atoms with Crippen molar-refractivity contribution in [2.75, 3.05) is 18.5 Å². The zero-order chi connectivity index (χ0) is 15.1. The van der Waals surface area contributed by atoms with Gasteiger partial charge in [0.2, 0.25) is 5.91 Å². The molecular weight excluding hydrogens is 276 g/mol. The molecule has 20 heavy (non-hydrogen) atoms. The Bertz CT molecular complexity index is 449. The summed E-state index contributed by atoms with van der Waals surface area (Å²) in [5, 5.41) is 15.7. The Hall–Kier alpha value is -1.10. The van der Waals surface area contributed by atoms with Gasteiger partial charge < -0.3 is 15.7 Å². The fourth-order valence-electron chi connectivity index (χ4n) is 1.95. The Kier molecular flexibility index (Phi) is 6.99. The van der Waals surface area contributed by atoms with Crippen LogP contribution in [0.4, 0.5) is 5.69 Å². The predicted octanol–water partition coefficient (Wildman–Crippen LogP) is 2.58. The monoisotopic (exact) mass is 298 g/mol. The van der Waals surface area contributed by atoms with Gasteiger partial charge in [0.15, 0.2) is 0 Å². The standard InChI is InChI=1S/C15H23ClN2O2/c1-10(2)6-13(9-19)17-8-15(20)18-14-7-12(16)5-4-11(14)3/h4-5,7,10,13,17,19H,6,8-9H2,1-3H3,(H,18,20). The van der Waals surface area contributed by atoms with Crippen LogP contribution in [0.3, 0.4) is 0 Å². The Balaban J connectivity index is 2.49. The molecule has 0 heterocycles. The summed E-state index contributed by atoms with van der Waals surface area (Å²) in [5.74, 6) is 0.329. The van der Waals surface area contributed by atoms with Gasteiger partial charge in [0.1, 0.15) is 0 Å². The van der Waals surface area contributed by atoms with Crippen LogP contribution in [0.5, 0.6) is 0 Å². The number of aliphatic hydroxyl groups is 1. The number of carbonyl (C=O) groups excluding carboxylic acids is 1. The summed E-state index contributed by atoms with van der Waals surface area (Å²) in [6.45, 7) is 6.28. The molecular formula is C15H23ClN2O2. The van der Waals surface area contributed by atoms with E-state index in [-0.39, 0.29) is 25.1 Å². The summed E-state index contributed by atoms with van der Waals surface area (Å²) >= 11 is 5.91. The topological polar surface area (TPSA) is 61.4 Å². The van der Waals surface area contributed by atoms with E-state index in [0.717, 1.165) is 12.0 Å². The van der Waals surface area contributed by atoms with E-state index in [1.54, 1.807) is 12.1 Å². The molecule has 0 radical (unpaired) electrons. The highest BCUT2D eigenvalue weighted by molar-refractivity contribution is 6.31. The lowest BCUT2D eigenvalue weighted by Crippen LogP contribution is -2.39. The molecule has 1 amide bonds. The fourth-order valence-corrected chi connectivity index (χ4v) is 2.12. The molecule has 0 spiro atoms. The average Bonchev–Trinajstić information content (AvgIpc) is 2.38. The third kappa shape index (κ3) is 5.90. The highest BCUT2D eigenvalue weighted by Gasteiger charge is 2.11. The van der Waals surface area contributed by atoms with Crippen LogP contribution in [0.2, 0.25) is 5.02 Å². The molecule has 0 aliphatic heterocycles. The maximum absolute atomic E-state index is 11.9. The van der Waals surface area contributed by atoms with Crippen molar-refractivity contribution in [1.82, 2.24) is 5.32 Å². The number of benzene rings is 1. The molecule has 0 aromatic heterocycles. The summed E-state index contributed by atoms with van der Waals surface area (Å²) in [5.41, 5.74) is 1.68. The van der Waals surface area contributed by atoms with Crippen molar-refractivity contribution in [2.24, 2.45) is 5.92 Å². The number of aliphatic hydroxyl groups excluding tert-OH is 1. The number of rotatable bonds is 7. The van der Waals surface area contributed by atoms with Gasteiger partial charge in [0.25, 0.3) is 0 Å². The summed E-state index contributed by atoms with van der Waals surface area (Å²) in [7, 11) is 0. The normalized spacial score (nSPS) is 12.5. The van der Waals surface area contributed by atoms with Crippen LogP contribution in [0.15, 0.2) is 18.2 Å². The van der Waals surface area contributed by atoms with Crippen molar-refractivity contribution in [3.05, 3.63) is 28.8 Å². The lowest BCUT2D eigenvalue weighted by molar-refractivity contribution is -0.115. The molecule has 0 bridgehead atoms. The highest BCUT2D eigenvalue weighted by atomic mass is 35.5. The Morgan fingerprint density at radius 3 is 2.70 bits per heavy atom. The van der Waals surface area contributed by atoms with Gasteiger partial charge in [-0.25, -0.2) is 0 Å². The smallest absolute Gasteiger partial charge is 0.238 e. The minimum absolute atomic E-state index is 0.0294. The Morgan fingerprint density at radius 1 is 1.40 bits per heavy atom. The van der Waals surface area contributed by atoms with Crippen LogP contribution in [-0.2, 0) is 4.79 Å². The molecule has 0 saturated carbocycles. The second-order valence-corrected chi connectivity index (χ2v) is 5.83. The number of anilines is 1. The molecule has 1 aromatic rings. The van der Waals surface area contributed by atoms with E-state index in [2.05, 4.69) is 24.5 Å². The average molecular weight is 299 g/mol. The van der Waals surface area contributed by atoms with Crippen LogP contribution >= 0.6 is 11.6 Å². The van der Waals surface area contributed by atoms with E-state index in [1.165, 1.54) is 0 Å². The minimum Gasteiger partial charge on any atom is -0.395 e. The zero-order valence-electron chi connectivity index (χ0n) is 12.2. The summed E-state index contributed by atoms with van der Waals surface area (Å²) < 4.78 is 0. The molecule has 3 N–H and O–H groups in total. The number of carbonyl (C=O) groups is 1. The summed E-state index contributed by atoms with van der Waals surface area (Å²) in [6.07, 6.45) is 0.833. The van der Waals surface area contributed by atoms with E-state index < -0.39 is 0 Å². The van der Waals surface area contributed by atoms with Gasteiger partial charge >= 0.3 is 0 Å². The van der Waals surface area contributed by atoms with Crippen LogP contribution in [0, 0.1) is 12.8 Å². The summed E-state index contributed by atoms with van der Waals surface area (Å²) in [4.78, 5) is 11.9. The SMILES string of the molecule is Cc1ccc(Cl)cc1NC(=O)CNC(CO)CC(C)C. The van der Waals surface area contributed by atoms with Gasteiger partial charge in [-0.05, 0) is 37.0 Å². The van der Waals surface area contributed by atoms with Crippen molar-refractivity contribution in [1.29, 1.82) is 0 Å². The second kappa shape index (κ2) is 8.25. The van der Waals surface area contributed by atoms with Gasteiger partial charge in [-0.15, -0.1) is 0 Å². The zero-order valence-corrected chi connectivity index (χ0v) is 13.0. The first-order valence-corrected chi connectivity index (χ1v) is 7.20. The molecule has 0 fully saturated rings. The van der Waals surface area contributed by atoms with Crippen molar-refractivity contribution < 1.29 is 9.90 Å². The minimum atomic E-state index is -0.141. The quantitative estimate of drug-likeness (QED) is 0.725. The first kappa shape index (κ1) is 17.0. The first-order chi connectivity index (χ1) is 9.42. The number of halogens is 1. The molecule has 0 saturated heterocycles. The van der Waals surface area contributed by atoms with Gasteiger partial charge in [-0.1, -0.05) is 31.5 Å². The highest BCUT2D eigenvalue weighted by Crippen LogP contribution is 2.19. The molecule has 112 valence electrons. The first-order valence-electron chi connectivity index (χ1n) is 6.82. The molecule has 5 heteroatoms. The number of aryl methyl sites for hydroxylation is 1. The third-order valence-electron chi connectivity index (χ3n) is 3.00. The maximum Gasteiger partial charge on any atom is 0.238 e. The number of amides is 1. The van der Waals surface area contributed by atoms with Gasteiger partial charge in [0.05, 0.1) is 13.2 Å². The van der Waals surface area contributed by atoms with E-state index in [4.69, 9.17) is 11.6 Å². The molecule has 0 aliphatic rings. The van der Waals surface area contributed by atoms with Crippen molar-refractivity contribution in [3.63, 3.8) is 0 Å². The van der Waals surface area contributed by atoms with E-state index in [9.17, 15) is 9.90 Å². The van der Waals surface area contributed by atoms with Crippen LogP contribution in [0.25, 0.3) is 0 Å². The van der Waals surface area contributed by atoms with Gasteiger partial charge in [-0.2, -0.15) is 0 Å². The molecule has 4 nitrogen and oxygen atoms in total. The molecule has 1 atom stereocenters. The summed E-state index contributed by atoms with van der Waals surface area (Å²) in [6, 6.07) is 5.32. The predicted molar refractivity (Wildman–Crippen MR) is 83.2 cm³/mol. The van der Waals surface area contributed by atoms with Gasteiger partial charge in [-0.3, -0.25) is 4.79 Å². The largest absolute Gasteiger partial charge is 0.395 e. The number of hydrogen-bond acceptors (Lipinski definition) is 3. The lowest BCUT2D eigenvalue weighted by Gasteiger charge is -2.18. The van der Waals surface area contributed by atoms with E-state index >= 15 is 0 Å². The van der Waals surface area contributed by atoms with Crippen LogP contribution < -0.4 is 10.6 Å². The van der Waals surface area contributed by atoms with Crippen molar-refractivity contribution in [2.45, 2.75) is 33.2 Å². The maximum atomic E-state index is 11.9. The van der Waals surface area contributed by atoms with Gasteiger partial charge in [0, 0.05) is 16.8 Å². The number of hydrogen-bond donors (Lipinski definition) is 3. The van der Waals surface area contributed by atoms with E-state index in [1.807, 2.05) is 13.0 Å². The lowest BCUT2D eigenvalue weighted by atomic mass is 10.0. The van der Waals surface area contributed by atoms with E-state index in [0.29, 0.717) is 16.6 Å². The Morgan fingerprint density at radius 2 is 2.10 bits per heavy atom. The Labute approximate surface area is 125 Å². The molecule has 1 aromatic carbocycles. The van der Waals surface area contributed by atoms with Crippen LogP contribution in [-0.4, -0.2) is 30.2 Å². The van der Waals surface area contributed by atoms with Crippen molar-refractivity contribution in [3.8, 4) is 0 Å². The third-order valence-corrected chi connectivity index (χ3v) is 3.24. The van der Waals surface area contributed by atoms with Crippen molar-refractivity contribution >= 4 is 23.2 Å². The second-order valence-electron chi connectivity index (χ2n) is 5.40. The fraction of sp³-hybridized carbons (Fsp3) is 0.533. The number of nitrogens with one attached hydrogen (secondary N) is 2. The molecule has 1 unspecified atom stereocenters. The molecule has 1 rings (SSSR count).